The molecular formula is C25H29F3N2OSSi. The third kappa shape index (κ3) is 5.16. The molecule has 0 aliphatic heterocycles. The summed E-state index contributed by atoms with van der Waals surface area (Å²) < 4.78 is 47.6. The number of aromatic nitrogens is 1. The average Bonchev–Trinajstić information content (AvgIpc) is 3.04. The van der Waals surface area contributed by atoms with Crippen molar-refractivity contribution < 1.29 is 17.6 Å². The number of hydrogen-bond donors (Lipinski definition) is 1. The van der Waals surface area contributed by atoms with Gasteiger partial charge in [-0.25, -0.2) is 0 Å². The van der Waals surface area contributed by atoms with E-state index in [4.69, 9.17) is 4.43 Å². The molecular weight excluding hydrogens is 461 g/mol. The summed E-state index contributed by atoms with van der Waals surface area (Å²) in [5.41, 5.74) is -1.08. The first-order valence-electron chi connectivity index (χ1n) is 10.7. The molecule has 0 fully saturated rings. The highest BCUT2D eigenvalue weighted by molar-refractivity contribution is 7.99. The molecule has 1 heterocycles. The minimum Gasteiger partial charge on any atom is -0.406 e. The molecule has 0 atom stereocenters. The molecule has 0 unspecified atom stereocenters. The van der Waals surface area contributed by atoms with E-state index < -0.39 is 31.2 Å². The Kier molecular flexibility index (Phi) is 6.57. The van der Waals surface area contributed by atoms with Crippen molar-refractivity contribution in [3.8, 4) is 6.07 Å². The Hall–Kier alpha value is -2.21. The van der Waals surface area contributed by atoms with E-state index in [-0.39, 0.29) is 5.04 Å². The summed E-state index contributed by atoms with van der Waals surface area (Å²) in [6.45, 7) is 14.6. The second-order valence-electron chi connectivity index (χ2n) is 10.2. The van der Waals surface area contributed by atoms with Crippen LogP contribution in [-0.4, -0.2) is 13.3 Å². The third-order valence-electron chi connectivity index (χ3n) is 6.20. The van der Waals surface area contributed by atoms with Gasteiger partial charge in [0.15, 0.2) is 8.32 Å². The van der Waals surface area contributed by atoms with Crippen molar-refractivity contribution in [3.05, 3.63) is 59.3 Å². The molecule has 0 aliphatic rings. The van der Waals surface area contributed by atoms with Crippen LogP contribution in [0.2, 0.25) is 18.1 Å². The van der Waals surface area contributed by atoms with Gasteiger partial charge in [0.2, 0.25) is 0 Å². The minimum absolute atomic E-state index is 0.0412. The van der Waals surface area contributed by atoms with Gasteiger partial charge in [-0.05, 0) is 56.2 Å². The largest absolute Gasteiger partial charge is 0.417 e. The molecule has 33 heavy (non-hydrogen) atoms. The minimum atomic E-state index is -4.62. The van der Waals surface area contributed by atoms with Crippen LogP contribution in [0.4, 0.5) is 13.2 Å². The zero-order valence-electron chi connectivity index (χ0n) is 19.9. The third-order valence-corrected chi connectivity index (χ3v) is 12.0. The van der Waals surface area contributed by atoms with Crippen LogP contribution in [0.1, 0.15) is 51.4 Å². The topological polar surface area (TPSA) is 48.8 Å². The van der Waals surface area contributed by atoms with E-state index in [1.807, 2.05) is 44.2 Å². The number of fused-ring (bicyclic) bond motifs is 1. The number of nitriles is 1. The Morgan fingerprint density at radius 2 is 1.61 bits per heavy atom. The zero-order valence-corrected chi connectivity index (χ0v) is 21.8. The molecule has 0 radical (unpaired) electrons. The van der Waals surface area contributed by atoms with E-state index in [0.717, 1.165) is 15.9 Å². The maximum Gasteiger partial charge on any atom is 0.417 e. The van der Waals surface area contributed by atoms with Gasteiger partial charge in [0, 0.05) is 20.7 Å². The molecule has 3 aromatic rings. The number of nitrogens with one attached hydrogen (secondary N) is 1. The SMILES string of the molecule is CC(C)(O[Si](C)(C)C(C)(C)C)c1[nH]c2cc(C(F)(F)F)c(C#N)cc2c1Sc1ccccc1. The van der Waals surface area contributed by atoms with E-state index in [2.05, 4.69) is 38.8 Å². The molecule has 0 amide bonds. The van der Waals surface area contributed by atoms with Gasteiger partial charge in [0.05, 0.1) is 28.5 Å². The van der Waals surface area contributed by atoms with E-state index in [0.29, 0.717) is 16.6 Å². The molecule has 2 aromatic carbocycles. The van der Waals surface area contributed by atoms with Crippen LogP contribution >= 0.6 is 11.8 Å². The highest BCUT2D eigenvalue weighted by Crippen LogP contribution is 2.47. The van der Waals surface area contributed by atoms with Crippen molar-refractivity contribution in [2.45, 2.75) is 74.3 Å². The van der Waals surface area contributed by atoms with Gasteiger partial charge >= 0.3 is 6.18 Å². The van der Waals surface area contributed by atoms with Crippen molar-refractivity contribution in [2.24, 2.45) is 0 Å². The smallest absolute Gasteiger partial charge is 0.406 e. The van der Waals surface area contributed by atoms with Crippen molar-refractivity contribution in [1.29, 1.82) is 5.26 Å². The van der Waals surface area contributed by atoms with E-state index in [9.17, 15) is 18.4 Å². The van der Waals surface area contributed by atoms with E-state index >= 15 is 0 Å². The number of nitrogens with zero attached hydrogens (tertiary/aromatic N) is 1. The quantitative estimate of drug-likeness (QED) is 0.365. The fourth-order valence-electron chi connectivity index (χ4n) is 3.52. The normalized spacial score (nSPS) is 13.4. The van der Waals surface area contributed by atoms with Crippen LogP contribution in [-0.2, 0) is 16.2 Å². The van der Waals surface area contributed by atoms with Crippen molar-refractivity contribution in [3.63, 3.8) is 0 Å². The number of halogens is 3. The first-order chi connectivity index (χ1) is 15.1. The molecule has 176 valence electrons. The Labute approximate surface area is 198 Å². The zero-order chi connectivity index (χ0) is 24.8. The summed E-state index contributed by atoms with van der Waals surface area (Å²) >= 11 is 1.46. The summed E-state index contributed by atoms with van der Waals surface area (Å²) in [5, 5.41) is 9.98. The number of rotatable bonds is 5. The second kappa shape index (κ2) is 8.53. The van der Waals surface area contributed by atoms with E-state index in [1.54, 1.807) is 6.07 Å². The van der Waals surface area contributed by atoms with Crippen LogP contribution in [0.3, 0.4) is 0 Å². The van der Waals surface area contributed by atoms with E-state index in [1.165, 1.54) is 17.8 Å². The summed E-state index contributed by atoms with van der Waals surface area (Å²) in [6.07, 6.45) is -4.62. The van der Waals surface area contributed by atoms with Crippen molar-refractivity contribution >= 4 is 31.0 Å². The Morgan fingerprint density at radius 1 is 1.00 bits per heavy atom. The Bertz CT molecular complexity index is 1200. The molecule has 0 saturated heterocycles. The molecule has 0 saturated carbocycles. The number of alkyl halides is 3. The molecule has 8 heteroatoms. The number of H-pyrrole nitrogens is 1. The van der Waals surface area contributed by atoms with Crippen molar-refractivity contribution in [2.75, 3.05) is 0 Å². The highest BCUT2D eigenvalue weighted by atomic mass is 32.2. The fraction of sp³-hybridized carbons (Fsp3) is 0.400. The van der Waals surface area contributed by atoms with Gasteiger partial charge in [-0.1, -0.05) is 50.7 Å². The predicted molar refractivity (Wildman–Crippen MR) is 130 cm³/mol. The van der Waals surface area contributed by atoms with Crippen LogP contribution in [0, 0.1) is 11.3 Å². The Morgan fingerprint density at radius 3 is 2.12 bits per heavy atom. The first-order valence-corrected chi connectivity index (χ1v) is 14.4. The summed E-state index contributed by atoms with van der Waals surface area (Å²) in [4.78, 5) is 4.94. The highest BCUT2D eigenvalue weighted by Gasteiger charge is 2.43. The number of benzene rings is 2. The van der Waals surface area contributed by atoms with Crippen molar-refractivity contribution in [1.82, 2.24) is 4.98 Å². The van der Waals surface area contributed by atoms with Crippen LogP contribution in [0.5, 0.6) is 0 Å². The lowest BCUT2D eigenvalue weighted by atomic mass is 10.0. The molecule has 0 aliphatic carbocycles. The number of hydrogen-bond acceptors (Lipinski definition) is 3. The Balaban J connectivity index is 2.26. The van der Waals surface area contributed by atoms with Gasteiger partial charge in [0.25, 0.3) is 0 Å². The summed E-state index contributed by atoms with van der Waals surface area (Å²) in [7, 11) is -2.21. The molecule has 0 spiro atoms. The predicted octanol–water partition coefficient (Wildman–Crippen LogP) is 8.47. The molecule has 1 aromatic heterocycles. The van der Waals surface area contributed by atoms with Crippen LogP contribution < -0.4 is 0 Å². The molecule has 0 bridgehead atoms. The maximum absolute atomic E-state index is 13.6. The second-order valence-corrected chi connectivity index (χ2v) is 16.0. The lowest BCUT2D eigenvalue weighted by molar-refractivity contribution is -0.137. The maximum atomic E-state index is 13.6. The monoisotopic (exact) mass is 490 g/mol. The average molecular weight is 491 g/mol. The van der Waals surface area contributed by atoms with Crippen LogP contribution in [0.25, 0.3) is 10.9 Å². The lowest BCUT2D eigenvalue weighted by Crippen LogP contribution is -2.46. The summed E-state index contributed by atoms with van der Waals surface area (Å²) in [5.74, 6) is 0. The van der Waals surface area contributed by atoms with Gasteiger partial charge < -0.3 is 9.41 Å². The van der Waals surface area contributed by atoms with Gasteiger partial charge in [0.1, 0.15) is 0 Å². The lowest BCUT2D eigenvalue weighted by Gasteiger charge is -2.42. The first kappa shape index (κ1) is 25.4. The molecule has 1 N–H and O–H groups in total. The number of aromatic amines is 1. The van der Waals surface area contributed by atoms with Gasteiger partial charge in [-0.2, -0.15) is 18.4 Å². The fourth-order valence-corrected chi connectivity index (χ4v) is 6.41. The summed E-state index contributed by atoms with van der Waals surface area (Å²) in [6, 6.07) is 13.7. The molecule has 3 nitrogen and oxygen atoms in total. The van der Waals surface area contributed by atoms with Gasteiger partial charge in [-0.3, -0.25) is 0 Å². The van der Waals surface area contributed by atoms with Gasteiger partial charge in [-0.15, -0.1) is 0 Å². The standard InChI is InChI=1S/C25H29F3N2OSSi/c1-23(2,3)33(6,7)31-24(4,5)22-21(32-17-11-9-8-10-12-17)18-13-16(15-29)19(25(26,27)28)14-20(18)30-22/h8-14,30H,1-7H3. The molecule has 3 rings (SSSR count). The van der Waals surface area contributed by atoms with Crippen LogP contribution in [0.15, 0.2) is 52.3 Å².